The Bertz CT molecular complexity index is 198. The lowest BCUT2D eigenvalue weighted by Gasteiger charge is -2.39. The van der Waals surface area contributed by atoms with Gasteiger partial charge in [0.1, 0.15) is 0 Å². The molecule has 0 aliphatic heterocycles. The molecule has 1 fully saturated rings. The third kappa shape index (κ3) is 4.23. The maximum atomic E-state index is 5.90. The molecular weight excluding hydrogens is 214 g/mol. The van der Waals surface area contributed by atoms with E-state index in [0.29, 0.717) is 6.04 Å². The molecule has 1 aliphatic rings. The summed E-state index contributed by atoms with van der Waals surface area (Å²) in [6.07, 6.45) is 7.80. The minimum absolute atomic E-state index is 0.0276. The Kier molecular flexibility index (Phi) is 6.45. The smallest absolute Gasteiger partial charge is 0.0853 e. The average Bonchev–Trinajstić information content (AvgIpc) is 2.56. The van der Waals surface area contributed by atoms with Crippen LogP contribution < -0.4 is 5.32 Å². The Morgan fingerprint density at radius 3 is 2.12 bits per heavy atom. The monoisotopic (exact) mass is 243 g/mol. The minimum atomic E-state index is -0.0276. The van der Waals surface area contributed by atoms with E-state index in [1.165, 1.54) is 25.7 Å². The van der Waals surface area contributed by atoms with Crippen LogP contribution in [0.1, 0.15) is 52.4 Å². The van der Waals surface area contributed by atoms with Crippen LogP contribution in [0, 0.1) is 0 Å². The highest BCUT2D eigenvalue weighted by Crippen LogP contribution is 2.33. The van der Waals surface area contributed by atoms with E-state index in [-0.39, 0.29) is 11.7 Å². The Hall–Kier alpha value is -0.120. The molecule has 0 aromatic rings. The van der Waals surface area contributed by atoms with Gasteiger partial charge in [-0.2, -0.15) is 0 Å². The number of methoxy groups -OCH3 is 1. The number of hydrogen-bond donors (Lipinski definition) is 1. The summed E-state index contributed by atoms with van der Waals surface area (Å²) in [7, 11) is 3.87. The summed E-state index contributed by atoms with van der Waals surface area (Å²) >= 11 is 0. The van der Waals surface area contributed by atoms with Crippen molar-refractivity contribution in [1.29, 1.82) is 0 Å². The zero-order chi connectivity index (χ0) is 12.7. The van der Waals surface area contributed by atoms with E-state index in [1.807, 2.05) is 14.2 Å². The van der Waals surface area contributed by atoms with Crippen LogP contribution in [0.25, 0.3) is 0 Å². The highest BCUT2D eigenvalue weighted by atomic mass is 16.5. The highest BCUT2D eigenvalue weighted by Gasteiger charge is 2.38. The fourth-order valence-electron chi connectivity index (χ4n) is 2.81. The predicted molar refractivity (Wildman–Crippen MR) is 71.4 cm³/mol. The molecule has 0 aromatic heterocycles. The standard InChI is InChI=1S/C14H29NO2/c1-12(2)17-11-13(15-3)14(16-4)9-7-5-6-8-10-14/h12-13,15H,5-11H2,1-4H3. The minimum Gasteiger partial charge on any atom is -0.377 e. The van der Waals surface area contributed by atoms with Crippen molar-refractivity contribution in [3.05, 3.63) is 0 Å². The van der Waals surface area contributed by atoms with E-state index in [4.69, 9.17) is 9.47 Å². The third-order valence-electron chi connectivity index (χ3n) is 3.94. The second-order valence-electron chi connectivity index (χ2n) is 5.41. The zero-order valence-electron chi connectivity index (χ0n) is 11.9. The van der Waals surface area contributed by atoms with Gasteiger partial charge in [-0.05, 0) is 33.7 Å². The SMILES string of the molecule is CNC(COC(C)C)C1(OC)CCCCCC1. The fraction of sp³-hybridized carbons (Fsp3) is 1.00. The van der Waals surface area contributed by atoms with Crippen LogP contribution in [-0.2, 0) is 9.47 Å². The van der Waals surface area contributed by atoms with Gasteiger partial charge < -0.3 is 14.8 Å². The molecule has 1 unspecified atom stereocenters. The van der Waals surface area contributed by atoms with Gasteiger partial charge in [-0.1, -0.05) is 25.7 Å². The molecular formula is C14H29NO2. The van der Waals surface area contributed by atoms with Crippen molar-refractivity contribution in [3.63, 3.8) is 0 Å². The van der Waals surface area contributed by atoms with Gasteiger partial charge in [0.05, 0.1) is 24.4 Å². The largest absolute Gasteiger partial charge is 0.377 e. The van der Waals surface area contributed by atoms with Crippen molar-refractivity contribution in [2.45, 2.75) is 70.1 Å². The van der Waals surface area contributed by atoms with Gasteiger partial charge in [0, 0.05) is 7.11 Å². The molecule has 0 radical (unpaired) electrons. The van der Waals surface area contributed by atoms with Crippen LogP contribution in [0.5, 0.6) is 0 Å². The van der Waals surface area contributed by atoms with Crippen LogP contribution >= 0.6 is 0 Å². The first-order valence-electron chi connectivity index (χ1n) is 6.98. The second-order valence-corrected chi connectivity index (χ2v) is 5.41. The molecule has 3 heteroatoms. The lowest BCUT2D eigenvalue weighted by atomic mass is 9.86. The lowest BCUT2D eigenvalue weighted by molar-refractivity contribution is -0.0785. The Morgan fingerprint density at radius 1 is 1.12 bits per heavy atom. The quantitative estimate of drug-likeness (QED) is 0.728. The van der Waals surface area contributed by atoms with Gasteiger partial charge in [0.25, 0.3) is 0 Å². The van der Waals surface area contributed by atoms with Gasteiger partial charge in [-0.15, -0.1) is 0 Å². The van der Waals surface area contributed by atoms with E-state index in [0.717, 1.165) is 19.4 Å². The van der Waals surface area contributed by atoms with E-state index in [2.05, 4.69) is 19.2 Å². The summed E-state index contributed by atoms with van der Waals surface area (Å²) in [5, 5.41) is 3.40. The first-order chi connectivity index (χ1) is 8.14. The maximum absolute atomic E-state index is 5.90. The molecule has 0 spiro atoms. The molecule has 1 saturated carbocycles. The summed E-state index contributed by atoms with van der Waals surface area (Å²) in [5.41, 5.74) is -0.0276. The van der Waals surface area contributed by atoms with Gasteiger partial charge >= 0.3 is 0 Å². The Balaban J connectivity index is 2.65. The summed E-state index contributed by atoms with van der Waals surface area (Å²) in [6, 6.07) is 0.299. The van der Waals surface area contributed by atoms with Crippen molar-refractivity contribution in [1.82, 2.24) is 5.32 Å². The van der Waals surface area contributed by atoms with Crippen molar-refractivity contribution in [2.24, 2.45) is 0 Å². The lowest BCUT2D eigenvalue weighted by Crippen LogP contribution is -2.53. The van der Waals surface area contributed by atoms with E-state index >= 15 is 0 Å². The third-order valence-corrected chi connectivity index (χ3v) is 3.94. The normalized spacial score (nSPS) is 22.4. The van der Waals surface area contributed by atoms with E-state index < -0.39 is 0 Å². The van der Waals surface area contributed by atoms with Crippen molar-refractivity contribution in [2.75, 3.05) is 20.8 Å². The molecule has 1 N–H and O–H groups in total. The van der Waals surface area contributed by atoms with Crippen molar-refractivity contribution in [3.8, 4) is 0 Å². The molecule has 0 bridgehead atoms. The molecule has 0 saturated heterocycles. The van der Waals surface area contributed by atoms with E-state index in [9.17, 15) is 0 Å². The summed E-state index contributed by atoms with van der Waals surface area (Å²) in [5.74, 6) is 0. The predicted octanol–water partition coefficient (Wildman–Crippen LogP) is 2.74. The number of nitrogens with one attached hydrogen (secondary N) is 1. The maximum Gasteiger partial charge on any atom is 0.0853 e. The van der Waals surface area contributed by atoms with Crippen LogP contribution in [0.4, 0.5) is 0 Å². The molecule has 0 amide bonds. The summed E-state index contributed by atoms with van der Waals surface area (Å²) in [6.45, 7) is 4.90. The Morgan fingerprint density at radius 2 is 1.71 bits per heavy atom. The number of likely N-dealkylation sites (N-methyl/N-ethyl adjacent to an activating group) is 1. The van der Waals surface area contributed by atoms with Gasteiger partial charge in [-0.25, -0.2) is 0 Å². The first-order valence-corrected chi connectivity index (χ1v) is 6.98. The summed E-state index contributed by atoms with van der Waals surface area (Å²) < 4.78 is 11.7. The number of hydrogen-bond acceptors (Lipinski definition) is 3. The molecule has 1 atom stereocenters. The van der Waals surface area contributed by atoms with Crippen molar-refractivity contribution >= 4 is 0 Å². The zero-order valence-corrected chi connectivity index (χ0v) is 11.9. The van der Waals surface area contributed by atoms with Crippen LogP contribution in [0.15, 0.2) is 0 Å². The molecule has 0 aromatic carbocycles. The molecule has 3 nitrogen and oxygen atoms in total. The van der Waals surface area contributed by atoms with Gasteiger partial charge in [0.15, 0.2) is 0 Å². The van der Waals surface area contributed by atoms with E-state index in [1.54, 1.807) is 0 Å². The van der Waals surface area contributed by atoms with Gasteiger partial charge in [0.2, 0.25) is 0 Å². The Labute approximate surface area is 106 Å². The van der Waals surface area contributed by atoms with Gasteiger partial charge in [-0.3, -0.25) is 0 Å². The highest BCUT2D eigenvalue weighted by molar-refractivity contribution is 4.94. The summed E-state index contributed by atoms with van der Waals surface area (Å²) in [4.78, 5) is 0. The average molecular weight is 243 g/mol. The topological polar surface area (TPSA) is 30.5 Å². The fourth-order valence-corrected chi connectivity index (χ4v) is 2.81. The molecule has 1 rings (SSSR count). The van der Waals surface area contributed by atoms with Crippen molar-refractivity contribution < 1.29 is 9.47 Å². The van der Waals surface area contributed by atoms with Crippen LogP contribution in [0.2, 0.25) is 0 Å². The number of rotatable bonds is 6. The molecule has 0 heterocycles. The molecule has 17 heavy (non-hydrogen) atoms. The second kappa shape index (κ2) is 7.34. The first kappa shape index (κ1) is 14.9. The van der Waals surface area contributed by atoms with Crippen LogP contribution in [0.3, 0.4) is 0 Å². The van der Waals surface area contributed by atoms with Crippen LogP contribution in [-0.4, -0.2) is 38.5 Å². The number of ether oxygens (including phenoxy) is 2. The molecule has 1 aliphatic carbocycles. The molecule has 102 valence electrons.